The monoisotopic (exact) mass is 374 g/mol. The van der Waals surface area contributed by atoms with Gasteiger partial charge in [-0.05, 0) is 32.4 Å². The standard InChI is InChI=1S/C20H26N2O5/c1-5-18(25)22(21-13-19(26)27-20(2,3)4)16(14-23)17(24)12-11-15-9-7-6-8-10-15/h6-12,14,16,21H,5,13H2,1-4H3. The van der Waals surface area contributed by atoms with Crippen LogP contribution in [-0.2, 0) is 23.9 Å². The quantitative estimate of drug-likeness (QED) is 0.233. The molecule has 1 N–H and O–H groups in total. The van der Waals surface area contributed by atoms with Crippen molar-refractivity contribution in [3.8, 4) is 0 Å². The largest absolute Gasteiger partial charge is 0.459 e. The number of carbonyl (C=O) groups excluding carboxylic acids is 4. The molecule has 1 unspecified atom stereocenters. The zero-order valence-electron chi connectivity index (χ0n) is 16.1. The number of rotatable bonds is 9. The molecule has 1 amide bonds. The van der Waals surface area contributed by atoms with Gasteiger partial charge in [-0.15, -0.1) is 0 Å². The molecule has 7 nitrogen and oxygen atoms in total. The maximum Gasteiger partial charge on any atom is 0.322 e. The van der Waals surface area contributed by atoms with E-state index in [0.29, 0.717) is 6.29 Å². The molecule has 146 valence electrons. The van der Waals surface area contributed by atoms with Gasteiger partial charge in [-0.2, -0.15) is 0 Å². The molecule has 1 atom stereocenters. The van der Waals surface area contributed by atoms with Crippen LogP contribution in [0.1, 0.15) is 39.7 Å². The smallest absolute Gasteiger partial charge is 0.322 e. The lowest BCUT2D eigenvalue weighted by Gasteiger charge is -2.27. The van der Waals surface area contributed by atoms with Crippen molar-refractivity contribution in [2.45, 2.75) is 45.8 Å². The number of nitrogens with zero attached hydrogens (tertiary/aromatic N) is 1. The summed E-state index contributed by atoms with van der Waals surface area (Å²) in [5, 5.41) is 0.884. The number of hydrogen-bond acceptors (Lipinski definition) is 6. The number of ether oxygens (including phenoxy) is 1. The second-order valence-electron chi connectivity index (χ2n) is 6.77. The molecule has 0 aromatic heterocycles. The van der Waals surface area contributed by atoms with Gasteiger partial charge in [-0.1, -0.05) is 43.3 Å². The Labute approximate surface area is 159 Å². The summed E-state index contributed by atoms with van der Waals surface area (Å²) in [7, 11) is 0. The zero-order chi connectivity index (χ0) is 20.4. The third kappa shape index (κ3) is 7.96. The number of nitrogens with one attached hydrogen (secondary N) is 1. The number of carbonyl (C=O) groups is 4. The van der Waals surface area contributed by atoms with Crippen molar-refractivity contribution in [2.75, 3.05) is 6.54 Å². The van der Waals surface area contributed by atoms with E-state index < -0.39 is 29.3 Å². The van der Waals surface area contributed by atoms with E-state index in [0.717, 1.165) is 10.6 Å². The average molecular weight is 374 g/mol. The fraction of sp³-hybridized carbons (Fsp3) is 0.400. The van der Waals surface area contributed by atoms with E-state index in [2.05, 4.69) is 5.43 Å². The van der Waals surface area contributed by atoms with Gasteiger partial charge in [0.05, 0.1) is 0 Å². The van der Waals surface area contributed by atoms with E-state index >= 15 is 0 Å². The molecule has 27 heavy (non-hydrogen) atoms. The highest BCUT2D eigenvalue weighted by molar-refractivity contribution is 6.08. The first-order valence-electron chi connectivity index (χ1n) is 8.67. The molecule has 1 aromatic rings. The minimum Gasteiger partial charge on any atom is -0.459 e. The Balaban J connectivity index is 2.86. The van der Waals surface area contributed by atoms with Crippen molar-refractivity contribution in [1.82, 2.24) is 10.4 Å². The molecule has 0 aliphatic carbocycles. The minimum absolute atomic E-state index is 0.0569. The molecule has 0 heterocycles. The van der Waals surface area contributed by atoms with Crippen LogP contribution in [0.15, 0.2) is 36.4 Å². The predicted molar refractivity (Wildman–Crippen MR) is 101 cm³/mol. The van der Waals surface area contributed by atoms with Crippen LogP contribution in [-0.4, -0.2) is 47.1 Å². The highest BCUT2D eigenvalue weighted by Crippen LogP contribution is 2.08. The first kappa shape index (κ1) is 22.2. The maximum absolute atomic E-state index is 12.4. The molecule has 0 fully saturated rings. The summed E-state index contributed by atoms with van der Waals surface area (Å²) >= 11 is 0. The van der Waals surface area contributed by atoms with E-state index in [-0.39, 0.29) is 13.0 Å². The van der Waals surface area contributed by atoms with Gasteiger partial charge in [-0.25, -0.2) is 5.43 Å². The summed E-state index contributed by atoms with van der Waals surface area (Å²) in [5.41, 5.74) is 2.65. The van der Waals surface area contributed by atoms with Gasteiger partial charge in [0.2, 0.25) is 5.91 Å². The van der Waals surface area contributed by atoms with Crippen molar-refractivity contribution >= 4 is 30.0 Å². The Morgan fingerprint density at radius 1 is 1.19 bits per heavy atom. The maximum atomic E-state index is 12.4. The lowest BCUT2D eigenvalue weighted by atomic mass is 10.1. The number of ketones is 1. The van der Waals surface area contributed by atoms with E-state index in [1.807, 2.05) is 18.2 Å². The molecule has 1 rings (SSSR count). The van der Waals surface area contributed by atoms with Crippen molar-refractivity contribution in [3.05, 3.63) is 42.0 Å². The summed E-state index contributed by atoms with van der Waals surface area (Å²) in [4.78, 5) is 47.9. The number of esters is 1. The second-order valence-corrected chi connectivity index (χ2v) is 6.77. The summed E-state index contributed by atoms with van der Waals surface area (Å²) in [6, 6.07) is 7.70. The fourth-order valence-electron chi connectivity index (χ4n) is 2.14. The van der Waals surface area contributed by atoms with Crippen molar-refractivity contribution < 1.29 is 23.9 Å². The first-order valence-corrected chi connectivity index (χ1v) is 8.67. The topological polar surface area (TPSA) is 92.8 Å². The van der Waals surface area contributed by atoms with Gasteiger partial charge in [-0.3, -0.25) is 19.4 Å². The van der Waals surface area contributed by atoms with Crippen molar-refractivity contribution in [2.24, 2.45) is 0 Å². The first-order chi connectivity index (χ1) is 12.7. The van der Waals surface area contributed by atoms with Gasteiger partial charge >= 0.3 is 5.97 Å². The van der Waals surface area contributed by atoms with Gasteiger partial charge in [0.1, 0.15) is 12.1 Å². The molecule has 1 aromatic carbocycles. The number of benzene rings is 1. The Morgan fingerprint density at radius 3 is 2.33 bits per heavy atom. The molecular formula is C20H26N2O5. The Hall–Kier alpha value is -2.80. The normalized spacial score (nSPS) is 12.4. The van der Waals surface area contributed by atoms with Crippen molar-refractivity contribution in [3.63, 3.8) is 0 Å². The average Bonchev–Trinajstić information content (AvgIpc) is 2.62. The molecule has 0 aliphatic heterocycles. The molecule has 0 radical (unpaired) electrons. The van der Waals surface area contributed by atoms with Crippen LogP contribution in [0.3, 0.4) is 0 Å². The van der Waals surface area contributed by atoms with Crippen LogP contribution >= 0.6 is 0 Å². The molecule has 0 spiro atoms. The summed E-state index contributed by atoms with van der Waals surface area (Å²) in [6.07, 6.45) is 3.22. The van der Waals surface area contributed by atoms with Crippen LogP contribution in [0, 0.1) is 0 Å². The van der Waals surface area contributed by atoms with Gasteiger partial charge in [0.25, 0.3) is 0 Å². The lowest BCUT2D eigenvalue weighted by Crippen LogP contribution is -2.54. The minimum atomic E-state index is -1.38. The number of amides is 1. The number of hydrogen-bond donors (Lipinski definition) is 1. The third-order valence-electron chi connectivity index (χ3n) is 3.32. The summed E-state index contributed by atoms with van der Waals surface area (Å²) < 4.78 is 5.15. The summed E-state index contributed by atoms with van der Waals surface area (Å²) in [5.74, 6) is -1.67. The van der Waals surface area contributed by atoms with E-state index in [1.54, 1.807) is 45.9 Å². The van der Waals surface area contributed by atoms with Crippen LogP contribution in [0.25, 0.3) is 6.08 Å². The SMILES string of the molecule is CCC(=O)N(NCC(=O)OC(C)(C)C)C(C=O)C(=O)C=Cc1ccccc1. The van der Waals surface area contributed by atoms with Crippen LogP contribution in [0.2, 0.25) is 0 Å². The third-order valence-corrected chi connectivity index (χ3v) is 3.32. The predicted octanol–water partition coefficient (Wildman–Crippen LogP) is 1.92. The molecule has 0 aliphatic rings. The molecule has 7 heteroatoms. The van der Waals surface area contributed by atoms with Gasteiger partial charge in [0, 0.05) is 6.42 Å². The molecule has 0 bridgehead atoms. The zero-order valence-corrected chi connectivity index (χ0v) is 16.1. The highest BCUT2D eigenvalue weighted by atomic mass is 16.6. The Bertz CT molecular complexity index is 692. The van der Waals surface area contributed by atoms with Gasteiger partial charge < -0.3 is 9.53 Å². The molecular weight excluding hydrogens is 348 g/mol. The van der Waals surface area contributed by atoms with Crippen LogP contribution < -0.4 is 5.43 Å². The second kappa shape index (κ2) is 10.4. The van der Waals surface area contributed by atoms with Gasteiger partial charge in [0.15, 0.2) is 18.1 Å². The van der Waals surface area contributed by atoms with Crippen molar-refractivity contribution in [1.29, 1.82) is 0 Å². The number of hydrazine groups is 1. The molecule has 0 saturated carbocycles. The Kier molecular flexibility index (Phi) is 8.55. The molecule has 0 saturated heterocycles. The van der Waals surface area contributed by atoms with Crippen LogP contribution in [0.4, 0.5) is 0 Å². The van der Waals surface area contributed by atoms with E-state index in [9.17, 15) is 19.2 Å². The lowest BCUT2D eigenvalue weighted by molar-refractivity contribution is -0.157. The Morgan fingerprint density at radius 2 is 1.81 bits per heavy atom. The fourth-order valence-corrected chi connectivity index (χ4v) is 2.14. The highest BCUT2D eigenvalue weighted by Gasteiger charge is 2.28. The van der Waals surface area contributed by atoms with E-state index in [1.165, 1.54) is 6.08 Å². The van der Waals surface area contributed by atoms with Crippen LogP contribution in [0.5, 0.6) is 0 Å². The summed E-state index contributed by atoms with van der Waals surface area (Å²) in [6.45, 7) is 6.39. The number of aldehydes is 1. The van der Waals surface area contributed by atoms with E-state index in [4.69, 9.17) is 4.74 Å².